The number of nitrogen functional groups attached to an aromatic ring is 2. The zero-order chi connectivity index (χ0) is 19.1. The number of ether oxygens (including phenoxy) is 1. The van der Waals surface area contributed by atoms with Crippen LogP contribution in [0.5, 0.6) is 5.75 Å². The van der Waals surface area contributed by atoms with Gasteiger partial charge in [0.15, 0.2) is 11.5 Å². The number of aromatic nitrogens is 4. The van der Waals surface area contributed by atoms with E-state index in [4.69, 9.17) is 29.8 Å². The van der Waals surface area contributed by atoms with E-state index in [2.05, 4.69) is 15.0 Å². The lowest BCUT2D eigenvalue weighted by Crippen LogP contribution is -2.17. The molecule has 0 radical (unpaired) electrons. The van der Waals surface area contributed by atoms with Crippen LogP contribution >= 0.6 is 8.60 Å². The Kier molecular flexibility index (Phi) is 4.48. The first kappa shape index (κ1) is 17.6. The van der Waals surface area contributed by atoms with E-state index >= 15 is 0 Å². The van der Waals surface area contributed by atoms with E-state index in [1.165, 1.54) is 0 Å². The molecule has 2 aliphatic heterocycles. The molecule has 0 bridgehead atoms. The van der Waals surface area contributed by atoms with Gasteiger partial charge in [-0.15, -0.1) is 0 Å². The van der Waals surface area contributed by atoms with E-state index in [1.54, 1.807) is 6.33 Å². The zero-order valence-electron chi connectivity index (χ0n) is 14.9. The van der Waals surface area contributed by atoms with Gasteiger partial charge in [-0.1, -0.05) is 18.2 Å². The molecule has 1 fully saturated rings. The van der Waals surface area contributed by atoms with Gasteiger partial charge in [-0.2, -0.15) is 9.97 Å². The van der Waals surface area contributed by atoms with E-state index in [-0.39, 0.29) is 24.1 Å². The Bertz CT molecular complexity index is 1010. The summed E-state index contributed by atoms with van der Waals surface area (Å²) in [6.45, 7) is 0.871. The Hall–Kier alpha value is -2.52. The number of benzene rings is 1. The van der Waals surface area contributed by atoms with Crippen LogP contribution in [0.4, 0.5) is 11.8 Å². The normalized spacial score (nSPS) is 24.2. The largest absolute Gasteiger partial charge is 0.426 e. The van der Waals surface area contributed by atoms with Crippen LogP contribution in [-0.4, -0.2) is 32.2 Å². The molecule has 2 aromatic heterocycles. The van der Waals surface area contributed by atoms with Crippen molar-refractivity contribution < 1.29 is 18.3 Å². The molecule has 3 atom stereocenters. The van der Waals surface area contributed by atoms with Crippen LogP contribution in [0.15, 0.2) is 30.6 Å². The molecule has 11 heteroatoms. The highest BCUT2D eigenvalue weighted by molar-refractivity contribution is 7.42. The van der Waals surface area contributed by atoms with Crippen LogP contribution in [0.25, 0.3) is 11.2 Å². The van der Waals surface area contributed by atoms with Crippen LogP contribution in [0.2, 0.25) is 0 Å². The Balaban J connectivity index is 1.21. The number of para-hydroxylation sites is 1. The third-order valence-corrected chi connectivity index (χ3v) is 5.74. The van der Waals surface area contributed by atoms with Crippen molar-refractivity contribution in [3.8, 4) is 5.75 Å². The summed E-state index contributed by atoms with van der Waals surface area (Å²) in [6.07, 6.45) is 2.99. The monoisotopic (exact) mass is 402 g/mol. The van der Waals surface area contributed by atoms with Gasteiger partial charge in [0.05, 0.1) is 25.6 Å². The Morgan fingerprint density at radius 2 is 2.11 bits per heavy atom. The molecule has 0 spiro atoms. The van der Waals surface area contributed by atoms with Gasteiger partial charge in [0.1, 0.15) is 17.5 Å². The molecule has 1 saturated heterocycles. The van der Waals surface area contributed by atoms with Gasteiger partial charge < -0.3 is 20.7 Å². The SMILES string of the molecule is Nc1nc(N)c2ncn(C3CCC(COP4OCc5ccccc5O4)O3)c2n1. The molecule has 4 heterocycles. The van der Waals surface area contributed by atoms with Gasteiger partial charge in [-0.05, 0) is 18.9 Å². The highest BCUT2D eigenvalue weighted by atomic mass is 31.2. The van der Waals surface area contributed by atoms with Crippen molar-refractivity contribution in [1.29, 1.82) is 0 Å². The lowest BCUT2D eigenvalue weighted by atomic mass is 10.2. The van der Waals surface area contributed by atoms with Crippen molar-refractivity contribution in [3.63, 3.8) is 0 Å². The molecule has 0 amide bonds. The summed E-state index contributed by atoms with van der Waals surface area (Å²) in [5.41, 5.74) is 13.7. The predicted octanol–water partition coefficient (Wildman–Crippen LogP) is 2.52. The summed E-state index contributed by atoms with van der Waals surface area (Å²) < 4.78 is 25.2. The number of nitrogens with two attached hydrogens (primary N) is 2. The van der Waals surface area contributed by atoms with Crippen LogP contribution in [0.3, 0.4) is 0 Å². The lowest BCUT2D eigenvalue weighted by molar-refractivity contribution is -0.0190. The summed E-state index contributed by atoms with van der Waals surface area (Å²) in [5, 5.41) is 0. The number of hydrogen-bond donors (Lipinski definition) is 2. The fraction of sp³-hybridized carbons (Fsp3) is 0.353. The molecule has 1 aromatic carbocycles. The minimum Gasteiger partial charge on any atom is -0.426 e. The average Bonchev–Trinajstić information content (AvgIpc) is 3.33. The van der Waals surface area contributed by atoms with Crippen molar-refractivity contribution in [1.82, 2.24) is 19.5 Å². The highest BCUT2D eigenvalue weighted by Crippen LogP contribution is 2.47. The van der Waals surface area contributed by atoms with Crippen LogP contribution in [0.1, 0.15) is 24.6 Å². The second-order valence-corrected chi connectivity index (χ2v) is 7.72. The standard InChI is InChI=1S/C17H19N6O4P/c18-15-14-16(22-17(19)21-15)23(9-20-14)13-6-5-11(26-13)8-25-28-24-7-10-3-1-2-4-12(10)27-28/h1-4,9,11,13H,5-8H2,(H4,18,19,21,22). The van der Waals surface area contributed by atoms with Gasteiger partial charge >= 0.3 is 8.60 Å². The molecule has 4 N–H and O–H groups in total. The topological polar surface area (TPSA) is 133 Å². The predicted molar refractivity (Wildman–Crippen MR) is 102 cm³/mol. The van der Waals surface area contributed by atoms with Gasteiger partial charge in [-0.3, -0.25) is 13.6 Å². The minimum absolute atomic E-state index is 0.0779. The van der Waals surface area contributed by atoms with Gasteiger partial charge in [0, 0.05) is 5.56 Å². The summed E-state index contributed by atoms with van der Waals surface area (Å²) >= 11 is 0. The van der Waals surface area contributed by atoms with E-state index in [9.17, 15) is 0 Å². The Morgan fingerprint density at radius 3 is 3.04 bits per heavy atom. The van der Waals surface area contributed by atoms with Crippen LogP contribution in [0, 0.1) is 0 Å². The van der Waals surface area contributed by atoms with E-state index in [1.807, 2.05) is 28.8 Å². The fourth-order valence-corrected chi connectivity index (χ4v) is 4.38. The number of anilines is 2. The molecule has 3 unspecified atom stereocenters. The third kappa shape index (κ3) is 3.24. The molecule has 146 valence electrons. The van der Waals surface area contributed by atoms with Gasteiger partial charge in [0.25, 0.3) is 0 Å². The van der Waals surface area contributed by atoms with Gasteiger partial charge in [-0.25, -0.2) is 4.98 Å². The maximum Gasteiger partial charge on any atom is 0.397 e. The maximum atomic E-state index is 6.11. The molecule has 2 aliphatic rings. The van der Waals surface area contributed by atoms with Crippen molar-refractivity contribution in [2.45, 2.75) is 31.8 Å². The van der Waals surface area contributed by atoms with Crippen molar-refractivity contribution in [3.05, 3.63) is 36.2 Å². The molecule has 3 aromatic rings. The van der Waals surface area contributed by atoms with Crippen molar-refractivity contribution in [2.75, 3.05) is 18.1 Å². The maximum absolute atomic E-state index is 6.11. The number of nitrogens with zero attached hydrogens (tertiary/aromatic N) is 4. The molecule has 28 heavy (non-hydrogen) atoms. The van der Waals surface area contributed by atoms with Crippen LogP contribution in [-0.2, 0) is 20.4 Å². The summed E-state index contributed by atoms with van der Waals surface area (Å²) in [5.74, 6) is 1.18. The van der Waals surface area contributed by atoms with Gasteiger partial charge in [0.2, 0.25) is 5.95 Å². The first-order valence-electron chi connectivity index (χ1n) is 8.90. The first-order chi connectivity index (χ1) is 13.7. The summed E-state index contributed by atoms with van der Waals surface area (Å²) in [4.78, 5) is 12.5. The highest BCUT2D eigenvalue weighted by Gasteiger charge is 2.31. The minimum atomic E-state index is -1.42. The summed E-state index contributed by atoms with van der Waals surface area (Å²) in [6, 6.07) is 7.78. The zero-order valence-corrected chi connectivity index (χ0v) is 15.8. The number of hydrogen-bond acceptors (Lipinski definition) is 9. The number of imidazole rings is 1. The second-order valence-electron chi connectivity index (χ2n) is 6.57. The Labute approximate surface area is 161 Å². The van der Waals surface area contributed by atoms with E-state index < -0.39 is 8.60 Å². The molecule has 10 nitrogen and oxygen atoms in total. The first-order valence-corrected chi connectivity index (χ1v) is 10.00. The number of rotatable bonds is 4. The molecule has 5 rings (SSSR count). The molecular formula is C17H19N6O4P. The van der Waals surface area contributed by atoms with Crippen molar-refractivity contribution >= 4 is 31.5 Å². The molecular weight excluding hydrogens is 383 g/mol. The second kappa shape index (κ2) is 7.14. The molecule has 0 aliphatic carbocycles. The number of fused-ring (bicyclic) bond motifs is 2. The smallest absolute Gasteiger partial charge is 0.397 e. The van der Waals surface area contributed by atoms with E-state index in [0.29, 0.717) is 24.4 Å². The lowest BCUT2D eigenvalue weighted by Gasteiger charge is -2.24. The average molecular weight is 402 g/mol. The summed E-state index contributed by atoms with van der Waals surface area (Å²) in [7, 11) is -1.42. The van der Waals surface area contributed by atoms with Crippen molar-refractivity contribution in [2.24, 2.45) is 0 Å². The van der Waals surface area contributed by atoms with E-state index in [0.717, 1.165) is 24.2 Å². The quantitative estimate of drug-likeness (QED) is 0.632. The molecule has 0 saturated carbocycles. The Morgan fingerprint density at radius 1 is 1.21 bits per heavy atom. The fourth-order valence-electron chi connectivity index (χ4n) is 3.33. The third-order valence-electron chi connectivity index (χ3n) is 4.70. The van der Waals surface area contributed by atoms with Crippen LogP contribution < -0.4 is 16.0 Å².